The number of hydrogen-bond donors (Lipinski definition) is 3. The molecule has 7 nitrogen and oxygen atoms in total. The number of amides is 1. The van der Waals surface area contributed by atoms with Gasteiger partial charge >= 0.3 is 5.97 Å². The Morgan fingerprint density at radius 2 is 2.25 bits per heavy atom. The lowest BCUT2D eigenvalue weighted by molar-refractivity contribution is -0.754. The lowest BCUT2D eigenvalue weighted by Crippen LogP contribution is -2.42. The molecule has 0 radical (unpaired) electrons. The van der Waals surface area contributed by atoms with Crippen LogP contribution >= 0.6 is 0 Å². The predicted octanol–water partition coefficient (Wildman–Crippen LogP) is -1.73. The van der Waals surface area contributed by atoms with Crippen molar-refractivity contribution in [2.24, 2.45) is 11.5 Å². The SMILES string of the molecule is NC(=O)c1cc[n+](CCC(N)C(=O)O)nc1. The van der Waals surface area contributed by atoms with Gasteiger partial charge in [-0.05, 0) is 5.10 Å². The number of nitrogens with zero attached hydrogens (tertiary/aromatic N) is 2. The van der Waals surface area contributed by atoms with Gasteiger partial charge in [0.05, 0.1) is 5.56 Å². The van der Waals surface area contributed by atoms with Crippen LogP contribution in [0.1, 0.15) is 16.8 Å². The van der Waals surface area contributed by atoms with Crippen LogP contribution in [0.25, 0.3) is 0 Å². The highest BCUT2D eigenvalue weighted by Crippen LogP contribution is 1.91. The minimum atomic E-state index is -1.05. The van der Waals surface area contributed by atoms with Gasteiger partial charge in [-0.25, -0.2) is 0 Å². The zero-order valence-electron chi connectivity index (χ0n) is 8.54. The number of carboxylic acids is 1. The van der Waals surface area contributed by atoms with E-state index >= 15 is 0 Å². The van der Waals surface area contributed by atoms with Gasteiger partial charge in [-0.15, -0.1) is 0 Å². The second-order valence-corrected chi connectivity index (χ2v) is 3.28. The molecule has 0 saturated heterocycles. The molecule has 1 aromatic heterocycles. The topological polar surface area (TPSA) is 123 Å². The molecule has 0 spiro atoms. The fraction of sp³-hybridized carbons (Fsp3) is 0.333. The summed E-state index contributed by atoms with van der Waals surface area (Å²) in [5, 5.41) is 12.5. The van der Waals surface area contributed by atoms with Crippen LogP contribution in [0.15, 0.2) is 18.5 Å². The van der Waals surface area contributed by atoms with Crippen LogP contribution < -0.4 is 16.1 Å². The van der Waals surface area contributed by atoms with Gasteiger partial charge in [0.25, 0.3) is 5.91 Å². The summed E-state index contributed by atoms with van der Waals surface area (Å²) < 4.78 is 1.50. The van der Waals surface area contributed by atoms with Crippen LogP contribution in [0, 0.1) is 0 Å². The molecule has 1 rings (SSSR count). The molecule has 1 unspecified atom stereocenters. The molecule has 1 atom stereocenters. The van der Waals surface area contributed by atoms with Gasteiger partial charge in [0.2, 0.25) is 0 Å². The molecule has 1 amide bonds. The van der Waals surface area contributed by atoms with Crippen LogP contribution in [-0.2, 0) is 11.3 Å². The Hall–Kier alpha value is -2.02. The van der Waals surface area contributed by atoms with Crippen molar-refractivity contribution >= 4 is 11.9 Å². The molecule has 0 aromatic carbocycles. The number of carbonyl (C=O) groups is 2. The summed E-state index contributed by atoms with van der Waals surface area (Å²) in [5.74, 6) is -1.60. The van der Waals surface area contributed by atoms with Gasteiger partial charge in [0.15, 0.2) is 12.7 Å². The van der Waals surface area contributed by atoms with Crippen molar-refractivity contribution in [1.82, 2.24) is 5.10 Å². The maximum Gasteiger partial charge on any atom is 0.320 e. The fourth-order valence-electron chi connectivity index (χ4n) is 1.06. The minimum Gasteiger partial charge on any atom is -0.480 e. The number of aliphatic carboxylic acids is 1. The highest BCUT2D eigenvalue weighted by atomic mass is 16.4. The third-order valence-corrected chi connectivity index (χ3v) is 2.04. The van der Waals surface area contributed by atoms with Crippen molar-refractivity contribution in [1.29, 1.82) is 0 Å². The van der Waals surface area contributed by atoms with E-state index in [-0.39, 0.29) is 6.42 Å². The highest BCUT2D eigenvalue weighted by Gasteiger charge is 2.14. The van der Waals surface area contributed by atoms with E-state index in [1.165, 1.54) is 16.9 Å². The molecule has 0 aliphatic rings. The lowest BCUT2D eigenvalue weighted by atomic mass is 10.2. The van der Waals surface area contributed by atoms with E-state index in [9.17, 15) is 9.59 Å². The normalized spacial score (nSPS) is 12.1. The van der Waals surface area contributed by atoms with Gasteiger partial charge in [-0.2, -0.15) is 0 Å². The number of primary amides is 1. The van der Waals surface area contributed by atoms with E-state index < -0.39 is 17.9 Å². The molecule has 7 heteroatoms. The summed E-state index contributed by atoms with van der Waals surface area (Å²) in [6.45, 7) is 0.368. The van der Waals surface area contributed by atoms with Gasteiger partial charge in [0, 0.05) is 12.5 Å². The van der Waals surface area contributed by atoms with Crippen LogP contribution in [0.3, 0.4) is 0 Å². The van der Waals surface area contributed by atoms with E-state index in [0.29, 0.717) is 12.1 Å². The Kier molecular flexibility index (Phi) is 3.90. The number of nitrogens with two attached hydrogens (primary N) is 2. The van der Waals surface area contributed by atoms with E-state index in [0.717, 1.165) is 0 Å². The maximum atomic E-state index is 10.7. The first-order valence-corrected chi connectivity index (χ1v) is 4.64. The van der Waals surface area contributed by atoms with Crippen molar-refractivity contribution in [3.8, 4) is 0 Å². The van der Waals surface area contributed by atoms with Crippen LogP contribution in [0.4, 0.5) is 0 Å². The average Bonchev–Trinajstić information content (AvgIpc) is 2.26. The molecule has 5 N–H and O–H groups in total. The summed E-state index contributed by atoms with van der Waals surface area (Å²) in [7, 11) is 0. The molecule has 1 aromatic rings. The largest absolute Gasteiger partial charge is 0.480 e. The Bertz CT molecular complexity index is 390. The van der Waals surface area contributed by atoms with E-state index in [2.05, 4.69) is 5.10 Å². The Balaban J connectivity index is 2.56. The summed E-state index contributed by atoms with van der Waals surface area (Å²) in [6, 6.07) is 0.604. The molecule has 0 aliphatic carbocycles. The number of carbonyl (C=O) groups excluding carboxylic acids is 1. The van der Waals surface area contributed by atoms with Gasteiger partial charge < -0.3 is 16.6 Å². The number of hydrogen-bond acceptors (Lipinski definition) is 4. The molecule has 0 aliphatic heterocycles. The Morgan fingerprint density at radius 3 is 2.69 bits per heavy atom. The lowest BCUT2D eigenvalue weighted by Gasteiger charge is -2.01. The first-order chi connectivity index (χ1) is 7.50. The predicted molar refractivity (Wildman–Crippen MR) is 53.2 cm³/mol. The van der Waals surface area contributed by atoms with E-state index in [4.69, 9.17) is 16.6 Å². The summed E-state index contributed by atoms with van der Waals surface area (Å²) in [4.78, 5) is 21.2. The second-order valence-electron chi connectivity index (χ2n) is 3.28. The van der Waals surface area contributed by atoms with Crippen molar-refractivity contribution < 1.29 is 19.4 Å². The van der Waals surface area contributed by atoms with Gasteiger partial charge in [-0.1, -0.05) is 4.68 Å². The second kappa shape index (κ2) is 5.17. The molecule has 1 heterocycles. The molecular formula is C9H13N4O3+. The molecule has 0 fully saturated rings. The van der Waals surface area contributed by atoms with Gasteiger partial charge in [-0.3, -0.25) is 9.59 Å². The molecule has 86 valence electrons. The first-order valence-electron chi connectivity index (χ1n) is 4.64. The number of rotatable bonds is 5. The molecule has 0 bridgehead atoms. The number of carboxylic acid groups (broad SMARTS) is 1. The van der Waals surface area contributed by atoms with E-state index in [1.54, 1.807) is 6.20 Å². The van der Waals surface area contributed by atoms with Crippen molar-refractivity contribution in [3.63, 3.8) is 0 Å². The maximum absolute atomic E-state index is 10.7. The monoisotopic (exact) mass is 225 g/mol. The first kappa shape index (κ1) is 12.1. The summed E-state index contributed by atoms with van der Waals surface area (Å²) in [5.41, 5.74) is 10.7. The molecule has 0 saturated carbocycles. The van der Waals surface area contributed by atoms with Crippen LogP contribution in [-0.4, -0.2) is 28.1 Å². The smallest absolute Gasteiger partial charge is 0.320 e. The summed E-state index contributed by atoms with van der Waals surface area (Å²) >= 11 is 0. The number of aryl methyl sites for hydroxylation is 1. The molecule has 16 heavy (non-hydrogen) atoms. The Morgan fingerprint density at radius 1 is 1.56 bits per heavy atom. The van der Waals surface area contributed by atoms with Crippen LogP contribution in [0.5, 0.6) is 0 Å². The average molecular weight is 225 g/mol. The van der Waals surface area contributed by atoms with E-state index in [1.807, 2.05) is 0 Å². The quantitative estimate of drug-likeness (QED) is 0.514. The van der Waals surface area contributed by atoms with Crippen molar-refractivity contribution in [3.05, 3.63) is 24.0 Å². The number of aromatic nitrogens is 2. The standard InChI is InChI=1S/C9H12N4O3/c10-7(9(15)16)2-4-13-3-1-6(5-12-13)8(11)14/h1,3,5,7H,2,4,10H2,(H2-,11,14,15,16)/p+1. The zero-order chi connectivity index (χ0) is 12.1. The third kappa shape index (κ3) is 3.28. The fourth-order valence-corrected chi connectivity index (χ4v) is 1.06. The van der Waals surface area contributed by atoms with Crippen LogP contribution in [0.2, 0.25) is 0 Å². The molecular weight excluding hydrogens is 212 g/mol. The Labute approximate surface area is 91.7 Å². The van der Waals surface area contributed by atoms with Gasteiger partial charge in [0.1, 0.15) is 12.2 Å². The minimum absolute atomic E-state index is 0.267. The van der Waals surface area contributed by atoms with Crippen molar-refractivity contribution in [2.45, 2.75) is 19.0 Å². The highest BCUT2D eigenvalue weighted by molar-refractivity contribution is 5.92. The summed E-state index contributed by atoms with van der Waals surface area (Å²) in [6.07, 6.45) is 3.15. The third-order valence-electron chi connectivity index (χ3n) is 2.04. The zero-order valence-corrected chi connectivity index (χ0v) is 8.54. The van der Waals surface area contributed by atoms with Crippen molar-refractivity contribution in [2.75, 3.05) is 0 Å².